The molecular formula is C24H35N3O7SSi. The number of ketones is 1. The highest BCUT2D eigenvalue weighted by atomic mass is 32.2. The molecule has 3 rings (SSSR count). The number of ether oxygens (including phenoxy) is 1. The zero-order valence-electron chi connectivity index (χ0n) is 21.6. The van der Waals surface area contributed by atoms with Gasteiger partial charge in [0.2, 0.25) is 5.91 Å². The van der Waals surface area contributed by atoms with Crippen LogP contribution in [0.25, 0.3) is 0 Å². The topological polar surface area (TPSA) is 128 Å². The first kappa shape index (κ1) is 28.1. The van der Waals surface area contributed by atoms with Crippen molar-refractivity contribution in [2.24, 2.45) is 5.92 Å². The number of rotatable bonds is 9. The Morgan fingerprint density at radius 1 is 1.28 bits per heavy atom. The van der Waals surface area contributed by atoms with Crippen LogP contribution < -0.4 is 5.32 Å². The Morgan fingerprint density at radius 2 is 1.92 bits per heavy atom. The smallest absolute Gasteiger partial charge is 0.411 e. The standard InChI is InChI=1S/C24H35N3O7SSi/c1-15(34-36(5,6)24(2,3)4)21-18(25-22(21)29)11-20(28)19-13-35-14-26(19)23(30)33-12-16-7-9-17(10-8-16)27(31)32/h7-10,15,18-19,21H,11-14H2,1-6H3,(H,25,29)/t15-,18-,19+,21-/m1/s1. The van der Waals surface area contributed by atoms with E-state index in [0.29, 0.717) is 17.2 Å². The van der Waals surface area contributed by atoms with E-state index in [9.17, 15) is 24.5 Å². The number of amides is 2. The molecule has 0 saturated carbocycles. The van der Waals surface area contributed by atoms with Crippen molar-refractivity contribution in [3.8, 4) is 0 Å². The van der Waals surface area contributed by atoms with Gasteiger partial charge in [-0.2, -0.15) is 0 Å². The number of hydrogen-bond donors (Lipinski definition) is 1. The number of nitro groups is 1. The fourth-order valence-electron chi connectivity index (χ4n) is 4.07. The van der Waals surface area contributed by atoms with Crippen LogP contribution in [0.3, 0.4) is 0 Å². The fourth-order valence-corrected chi connectivity index (χ4v) is 6.68. The predicted octanol–water partition coefficient (Wildman–Crippen LogP) is 4.09. The first-order valence-corrected chi connectivity index (χ1v) is 16.0. The van der Waals surface area contributed by atoms with Gasteiger partial charge in [0.05, 0.1) is 22.8 Å². The minimum atomic E-state index is -2.08. The van der Waals surface area contributed by atoms with Gasteiger partial charge in [-0.25, -0.2) is 4.79 Å². The van der Waals surface area contributed by atoms with Crippen molar-refractivity contribution in [3.63, 3.8) is 0 Å². The summed E-state index contributed by atoms with van der Waals surface area (Å²) in [6.07, 6.45) is -0.794. The highest BCUT2D eigenvalue weighted by Crippen LogP contribution is 2.39. The van der Waals surface area contributed by atoms with Gasteiger partial charge < -0.3 is 14.5 Å². The van der Waals surface area contributed by atoms with Gasteiger partial charge in [0, 0.05) is 30.3 Å². The number of non-ortho nitro benzene ring substituents is 1. The molecule has 0 aliphatic carbocycles. The molecule has 2 amide bonds. The van der Waals surface area contributed by atoms with Crippen LogP contribution >= 0.6 is 11.8 Å². The largest absolute Gasteiger partial charge is 0.445 e. The van der Waals surface area contributed by atoms with E-state index in [2.05, 4.69) is 39.2 Å². The van der Waals surface area contributed by atoms with E-state index < -0.39 is 31.3 Å². The lowest BCUT2D eigenvalue weighted by atomic mass is 9.82. The molecule has 1 aromatic rings. The lowest BCUT2D eigenvalue weighted by molar-refractivity contribution is -0.384. The molecule has 2 aliphatic heterocycles. The second kappa shape index (κ2) is 10.9. The summed E-state index contributed by atoms with van der Waals surface area (Å²) in [6.45, 7) is 12.5. The summed E-state index contributed by atoms with van der Waals surface area (Å²) >= 11 is 1.47. The van der Waals surface area contributed by atoms with Gasteiger partial charge in [0.1, 0.15) is 12.6 Å². The maximum atomic E-state index is 13.1. The maximum Gasteiger partial charge on any atom is 0.411 e. The van der Waals surface area contributed by atoms with E-state index in [0.717, 1.165) is 0 Å². The molecule has 0 radical (unpaired) electrons. The van der Waals surface area contributed by atoms with Gasteiger partial charge in [-0.1, -0.05) is 20.8 Å². The van der Waals surface area contributed by atoms with Crippen molar-refractivity contribution < 1.29 is 28.5 Å². The molecule has 0 unspecified atom stereocenters. The molecule has 0 bridgehead atoms. The van der Waals surface area contributed by atoms with Crippen LogP contribution in [0.1, 0.15) is 39.7 Å². The normalized spacial score (nSPS) is 23.0. The number of benzene rings is 1. The number of β-lactam (4-membered cyclic amide) rings is 1. The van der Waals surface area contributed by atoms with Gasteiger partial charge in [0.25, 0.3) is 5.69 Å². The minimum Gasteiger partial charge on any atom is -0.445 e. The molecule has 1 aromatic carbocycles. The number of carbonyl (C=O) groups is 3. The monoisotopic (exact) mass is 537 g/mol. The second-order valence-electron chi connectivity index (χ2n) is 10.9. The molecular weight excluding hydrogens is 502 g/mol. The molecule has 4 atom stereocenters. The minimum absolute atomic E-state index is 0.00318. The van der Waals surface area contributed by atoms with Crippen molar-refractivity contribution in [2.75, 3.05) is 11.6 Å². The molecule has 2 fully saturated rings. The Balaban J connectivity index is 1.56. The van der Waals surface area contributed by atoms with Crippen LogP contribution in [0.2, 0.25) is 18.1 Å². The third kappa shape index (κ3) is 6.27. The summed E-state index contributed by atoms with van der Waals surface area (Å²) < 4.78 is 11.8. The zero-order chi connectivity index (χ0) is 26.8. The van der Waals surface area contributed by atoms with E-state index in [1.165, 1.54) is 40.9 Å². The van der Waals surface area contributed by atoms with Gasteiger partial charge in [0.15, 0.2) is 14.1 Å². The third-order valence-corrected chi connectivity index (χ3v) is 12.9. The van der Waals surface area contributed by atoms with Crippen LogP contribution in [0.5, 0.6) is 0 Å². The molecule has 2 heterocycles. The van der Waals surface area contributed by atoms with E-state index >= 15 is 0 Å². The summed E-state index contributed by atoms with van der Waals surface area (Å²) in [6, 6.07) is 4.79. The Bertz CT molecular complexity index is 1010. The molecule has 2 aliphatic rings. The number of thioether (sulfide) groups is 1. The van der Waals surface area contributed by atoms with E-state index in [1.807, 2.05) is 6.92 Å². The first-order valence-electron chi connectivity index (χ1n) is 12.0. The lowest BCUT2D eigenvalue weighted by Gasteiger charge is -2.45. The first-order chi connectivity index (χ1) is 16.7. The van der Waals surface area contributed by atoms with Crippen LogP contribution in [0, 0.1) is 16.0 Å². The van der Waals surface area contributed by atoms with Crippen LogP contribution in [0.4, 0.5) is 10.5 Å². The Hall–Kier alpha value is -2.44. The summed E-state index contributed by atoms with van der Waals surface area (Å²) in [5.41, 5.74) is 0.566. The van der Waals surface area contributed by atoms with Gasteiger partial charge >= 0.3 is 6.09 Å². The number of Topliss-reactive ketones (excluding diaryl/α,β-unsaturated/α-hetero) is 1. The molecule has 36 heavy (non-hydrogen) atoms. The Kier molecular flexibility index (Phi) is 8.51. The Morgan fingerprint density at radius 3 is 2.47 bits per heavy atom. The number of hydrogen-bond acceptors (Lipinski definition) is 8. The fraction of sp³-hybridized carbons (Fsp3) is 0.625. The summed E-state index contributed by atoms with van der Waals surface area (Å²) in [7, 11) is -2.08. The Labute approximate surface area is 216 Å². The quantitative estimate of drug-likeness (QED) is 0.216. The van der Waals surface area contributed by atoms with Crippen molar-refractivity contribution in [2.45, 2.75) is 77.0 Å². The summed E-state index contributed by atoms with van der Waals surface area (Å²) in [5.74, 6) is 0.161. The van der Waals surface area contributed by atoms with Crippen molar-refractivity contribution >= 4 is 43.6 Å². The highest BCUT2D eigenvalue weighted by molar-refractivity contribution is 7.99. The highest BCUT2D eigenvalue weighted by Gasteiger charge is 2.49. The van der Waals surface area contributed by atoms with Gasteiger partial charge in [-0.3, -0.25) is 24.6 Å². The van der Waals surface area contributed by atoms with Gasteiger partial charge in [-0.15, -0.1) is 11.8 Å². The van der Waals surface area contributed by atoms with Crippen LogP contribution in [-0.2, 0) is 25.4 Å². The summed E-state index contributed by atoms with van der Waals surface area (Å²) in [4.78, 5) is 49.9. The van der Waals surface area contributed by atoms with E-state index in [-0.39, 0.29) is 47.6 Å². The number of nitrogens with zero attached hydrogens (tertiary/aromatic N) is 2. The molecule has 0 spiro atoms. The van der Waals surface area contributed by atoms with Gasteiger partial charge in [-0.05, 0) is 42.8 Å². The molecule has 1 N–H and O–H groups in total. The van der Waals surface area contributed by atoms with E-state index in [4.69, 9.17) is 9.16 Å². The molecule has 10 nitrogen and oxygen atoms in total. The van der Waals surface area contributed by atoms with E-state index in [1.54, 1.807) is 0 Å². The number of nitrogens with one attached hydrogen (secondary N) is 1. The molecule has 2 saturated heterocycles. The lowest BCUT2D eigenvalue weighted by Crippen LogP contribution is -2.64. The van der Waals surface area contributed by atoms with Crippen molar-refractivity contribution in [1.82, 2.24) is 10.2 Å². The van der Waals surface area contributed by atoms with Crippen molar-refractivity contribution in [3.05, 3.63) is 39.9 Å². The van der Waals surface area contributed by atoms with Crippen LogP contribution in [0.15, 0.2) is 24.3 Å². The zero-order valence-corrected chi connectivity index (χ0v) is 23.4. The molecule has 198 valence electrons. The number of carbonyl (C=O) groups excluding carboxylic acids is 3. The SMILES string of the molecule is C[C@@H](O[Si](C)(C)C(C)(C)C)[C@H]1C(=O)N[C@@H]1CC(=O)[C@@H]1CSCN1C(=O)OCc1ccc([N+](=O)[O-])cc1. The van der Waals surface area contributed by atoms with Crippen molar-refractivity contribution in [1.29, 1.82) is 0 Å². The molecule has 12 heteroatoms. The maximum absolute atomic E-state index is 13.1. The second-order valence-corrected chi connectivity index (χ2v) is 16.6. The average Bonchev–Trinajstić information content (AvgIpc) is 3.26. The summed E-state index contributed by atoms with van der Waals surface area (Å²) in [5, 5.41) is 13.6. The average molecular weight is 538 g/mol. The predicted molar refractivity (Wildman–Crippen MR) is 139 cm³/mol. The molecule has 0 aromatic heterocycles. The van der Waals surface area contributed by atoms with Crippen LogP contribution in [-0.4, -0.2) is 65.7 Å². The number of nitro benzene ring substituents is 1. The third-order valence-electron chi connectivity index (χ3n) is 7.28.